The molecule has 2 aromatic rings. The van der Waals surface area contributed by atoms with Crippen LogP contribution in [0.4, 0.5) is 0 Å². The molecule has 0 saturated carbocycles. The van der Waals surface area contributed by atoms with Crippen molar-refractivity contribution in [1.29, 1.82) is 0 Å². The molecule has 0 N–H and O–H groups in total. The van der Waals surface area contributed by atoms with E-state index in [0.29, 0.717) is 0 Å². The number of hydrogen-bond acceptors (Lipinski definition) is 1. The normalized spacial score (nSPS) is 9.55. The molecule has 11 heavy (non-hydrogen) atoms. The minimum absolute atomic E-state index is 0. The Balaban J connectivity index is 0.000000605. The third-order valence-electron chi connectivity index (χ3n) is 1.55. The standard InChI is InChI=1S/C8H7N2.Y/c1-7-6-9-10-5-3-2-4-8(7)10;/h2-5H,1H3;/q-1;. The maximum absolute atomic E-state index is 4.01. The van der Waals surface area contributed by atoms with Crippen LogP contribution in [0.15, 0.2) is 24.4 Å². The van der Waals surface area contributed by atoms with Gasteiger partial charge in [0.1, 0.15) is 0 Å². The maximum atomic E-state index is 4.01. The molecular weight excluding hydrogens is 213 g/mol. The Kier molecular flexibility index (Phi) is 2.80. The van der Waals surface area contributed by atoms with Gasteiger partial charge in [-0.3, -0.25) is 0 Å². The Morgan fingerprint density at radius 1 is 1.45 bits per heavy atom. The van der Waals surface area contributed by atoms with Gasteiger partial charge in [0.15, 0.2) is 0 Å². The fourth-order valence-electron chi connectivity index (χ4n) is 1.00. The molecule has 0 unspecified atom stereocenters. The molecule has 0 aliphatic rings. The smallest absolute Gasteiger partial charge is 0.00680 e. The number of rotatable bonds is 0. The van der Waals surface area contributed by atoms with Crippen LogP contribution in [-0.2, 0) is 32.7 Å². The Morgan fingerprint density at radius 2 is 2.27 bits per heavy atom. The molecule has 0 fully saturated rings. The summed E-state index contributed by atoms with van der Waals surface area (Å²) in [5.74, 6) is 0. The van der Waals surface area contributed by atoms with Crippen molar-refractivity contribution >= 4 is 5.52 Å². The van der Waals surface area contributed by atoms with Gasteiger partial charge >= 0.3 is 0 Å². The van der Waals surface area contributed by atoms with Gasteiger partial charge in [0.25, 0.3) is 0 Å². The van der Waals surface area contributed by atoms with Crippen molar-refractivity contribution in [2.75, 3.05) is 0 Å². The average Bonchev–Trinajstić information content (AvgIpc) is 2.34. The van der Waals surface area contributed by atoms with Crippen LogP contribution in [0.1, 0.15) is 5.56 Å². The van der Waals surface area contributed by atoms with Gasteiger partial charge in [0.2, 0.25) is 0 Å². The second kappa shape index (κ2) is 3.46. The molecule has 2 heterocycles. The number of hydrogen-bond donors (Lipinski definition) is 0. The van der Waals surface area contributed by atoms with E-state index in [2.05, 4.69) is 11.3 Å². The van der Waals surface area contributed by atoms with Gasteiger partial charge in [0, 0.05) is 38.9 Å². The minimum atomic E-state index is 0. The first-order valence-electron chi connectivity index (χ1n) is 3.19. The van der Waals surface area contributed by atoms with Gasteiger partial charge in [-0.05, 0) is 6.07 Å². The van der Waals surface area contributed by atoms with E-state index < -0.39 is 0 Å². The Labute approximate surface area is 90.5 Å². The molecule has 2 nitrogen and oxygen atoms in total. The minimum Gasteiger partial charge on any atom is -0.338 e. The van der Waals surface area contributed by atoms with Crippen LogP contribution in [0.5, 0.6) is 0 Å². The molecule has 0 saturated heterocycles. The van der Waals surface area contributed by atoms with Crippen molar-refractivity contribution in [2.24, 2.45) is 0 Å². The maximum Gasteiger partial charge on any atom is 0.00680 e. The second-order valence-electron chi connectivity index (χ2n) is 2.27. The van der Waals surface area contributed by atoms with E-state index >= 15 is 0 Å². The van der Waals surface area contributed by atoms with Crippen molar-refractivity contribution in [3.63, 3.8) is 0 Å². The number of nitrogens with zero attached hydrogens (tertiary/aromatic N) is 2. The van der Waals surface area contributed by atoms with Crippen molar-refractivity contribution in [1.82, 2.24) is 9.61 Å². The first-order chi connectivity index (χ1) is 4.88. The molecule has 1 radical (unpaired) electrons. The molecule has 0 bridgehead atoms. The predicted octanol–water partition coefficient (Wildman–Crippen LogP) is 1.44. The zero-order chi connectivity index (χ0) is 6.97. The van der Waals surface area contributed by atoms with Crippen LogP contribution in [0.3, 0.4) is 0 Å². The van der Waals surface area contributed by atoms with Crippen LogP contribution in [0, 0.1) is 13.1 Å². The van der Waals surface area contributed by atoms with Crippen molar-refractivity contribution in [3.05, 3.63) is 36.2 Å². The van der Waals surface area contributed by atoms with E-state index in [-0.39, 0.29) is 32.7 Å². The summed E-state index contributed by atoms with van der Waals surface area (Å²) in [6.07, 6.45) is 4.81. The van der Waals surface area contributed by atoms with Crippen molar-refractivity contribution in [2.45, 2.75) is 6.92 Å². The molecule has 2 aromatic heterocycles. The summed E-state index contributed by atoms with van der Waals surface area (Å²) in [5, 5.41) is 4.01. The first-order valence-corrected chi connectivity index (χ1v) is 3.19. The third-order valence-corrected chi connectivity index (χ3v) is 1.55. The van der Waals surface area contributed by atoms with Crippen LogP contribution < -0.4 is 0 Å². The number of aromatic nitrogens is 2. The van der Waals surface area contributed by atoms with Crippen molar-refractivity contribution in [3.8, 4) is 0 Å². The first kappa shape index (κ1) is 8.89. The zero-order valence-corrected chi connectivity index (χ0v) is 9.12. The van der Waals surface area contributed by atoms with Gasteiger partial charge < -0.3 is 9.61 Å². The summed E-state index contributed by atoms with van der Waals surface area (Å²) in [7, 11) is 0. The fourth-order valence-corrected chi connectivity index (χ4v) is 1.00. The largest absolute Gasteiger partial charge is 0.338 e. The summed E-state index contributed by atoms with van der Waals surface area (Å²) in [6, 6.07) is 5.98. The molecule has 0 spiro atoms. The molecule has 0 aliphatic heterocycles. The predicted molar refractivity (Wildman–Crippen MR) is 38.8 cm³/mol. The topological polar surface area (TPSA) is 17.3 Å². The Hall–Kier alpha value is -0.206. The van der Waals surface area contributed by atoms with Crippen LogP contribution in [-0.4, -0.2) is 9.61 Å². The van der Waals surface area contributed by atoms with Gasteiger partial charge in [-0.2, -0.15) is 5.56 Å². The molecule has 53 valence electrons. The SMILES string of the molecule is Cc1[c-]nn2ccccc12.[Y]. The molecule has 2 rings (SSSR count). The summed E-state index contributed by atoms with van der Waals surface area (Å²) in [6.45, 7) is 2.00. The quantitative estimate of drug-likeness (QED) is 0.614. The van der Waals surface area contributed by atoms with E-state index in [1.54, 1.807) is 0 Å². The summed E-state index contributed by atoms with van der Waals surface area (Å²) in [4.78, 5) is 0. The Morgan fingerprint density at radius 3 is 3.00 bits per heavy atom. The second-order valence-corrected chi connectivity index (χ2v) is 2.27. The van der Waals surface area contributed by atoms with Crippen LogP contribution in [0.2, 0.25) is 0 Å². The molecule has 3 heteroatoms. The van der Waals surface area contributed by atoms with Gasteiger partial charge in [-0.25, -0.2) is 0 Å². The molecule has 0 aromatic carbocycles. The van der Waals surface area contributed by atoms with Crippen molar-refractivity contribution < 1.29 is 32.7 Å². The average molecular weight is 220 g/mol. The number of aryl methyl sites for hydroxylation is 1. The number of pyridine rings is 1. The van der Waals surface area contributed by atoms with E-state index in [1.807, 2.05) is 35.8 Å². The summed E-state index contributed by atoms with van der Waals surface area (Å²) < 4.78 is 1.81. The van der Waals surface area contributed by atoms with Gasteiger partial charge in [-0.15, -0.1) is 12.3 Å². The Bertz CT molecular complexity index is 354. The zero-order valence-electron chi connectivity index (χ0n) is 6.28. The molecule has 0 amide bonds. The fraction of sp³-hybridized carbons (Fsp3) is 0.125. The number of fused-ring (bicyclic) bond motifs is 1. The molecular formula is C8H7N2Y-. The monoisotopic (exact) mass is 220 g/mol. The van der Waals surface area contributed by atoms with E-state index in [1.165, 1.54) is 0 Å². The van der Waals surface area contributed by atoms with Gasteiger partial charge in [-0.1, -0.05) is 18.5 Å². The van der Waals surface area contributed by atoms with Gasteiger partial charge in [0.05, 0.1) is 0 Å². The summed E-state index contributed by atoms with van der Waals surface area (Å²) in [5.41, 5.74) is 2.23. The third kappa shape index (κ3) is 1.52. The van der Waals surface area contributed by atoms with E-state index in [4.69, 9.17) is 0 Å². The van der Waals surface area contributed by atoms with Crippen LogP contribution in [0.25, 0.3) is 5.52 Å². The van der Waals surface area contributed by atoms with E-state index in [0.717, 1.165) is 11.1 Å². The molecule has 0 aliphatic carbocycles. The molecule has 0 atom stereocenters. The van der Waals surface area contributed by atoms with Crippen LogP contribution >= 0.6 is 0 Å². The summed E-state index contributed by atoms with van der Waals surface area (Å²) >= 11 is 0. The van der Waals surface area contributed by atoms with E-state index in [9.17, 15) is 0 Å².